The number of aromatic nitrogens is 2. The summed E-state index contributed by atoms with van der Waals surface area (Å²) in [6.45, 7) is 1.67. The van der Waals surface area contributed by atoms with Crippen LogP contribution >= 0.6 is 0 Å². The number of hydrogen-bond acceptors (Lipinski definition) is 6. The molecule has 0 saturated carbocycles. The quantitative estimate of drug-likeness (QED) is 0.686. The van der Waals surface area contributed by atoms with Gasteiger partial charge in [0.15, 0.2) is 0 Å². The number of nitrogens with two attached hydrogens (primary N) is 1. The smallest absolute Gasteiger partial charge is 0.267 e. The minimum atomic E-state index is -0.731. The van der Waals surface area contributed by atoms with E-state index in [2.05, 4.69) is 4.98 Å². The second-order valence-electron chi connectivity index (χ2n) is 5.12. The van der Waals surface area contributed by atoms with E-state index in [0.717, 1.165) is 6.07 Å². The summed E-state index contributed by atoms with van der Waals surface area (Å²) < 4.78 is 7.39. The van der Waals surface area contributed by atoms with Gasteiger partial charge in [0.1, 0.15) is 17.1 Å². The van der Waals surface area contributed by atoms with E-state index >= 15 is 0 Å². The Morgan fingerprint density at radius 1 is 1.40 bits per heavy atom. The SMILES string of the molecule is NC(=O)c1cc(=O)n2c(n1)C1(CCN(O)CC1)OCC2. The highest BCUT2D eigenvalue weighted by atomic mass is 16.5. The molecule has 1 fully saturated rings. The molecule has 3 N–H and O–H groups in total. The number of rotatable bonds is 1. The van der Waals surface area contributed by atoms with Crippen LogP contribution in [0.5, 0.6) is 0 Å². The summed E-state index contributed by atoms with van der Waals surface area (Å²) in [5, 5.41) is 10.7. The summed E-state index contributed by atoms with van der Waals surface area (Å²) in [5.41, 5.74) is 4.16. The summed E-state index contributed by atoms with van der Waals surface area (Å²) in [6, 6.07) is 1.16. The van der Waals surface area contributed by atoms with E-state index in [1.807, 2.05) is 0 Å². The number of ether oxygens (including phenoxy) is 1. The maximum Gasteiger partial charge on any atom is 0.267 e. The van der Waals surface area contributed by atoms with Crippen LogP contribution in [0.25, 0.3) is 0 Å². The van der Waals surface area contributed by atoms with Crippen LogP contribution in [0, 0.1) is 0 Å². The number of hydrogen-bond donors (Lipinski definition) is 2. The van der Waals surface area contributed by atoms with Gasteiger partial charge in [-0.05, 0) is 12.8 Å². The zero-order valence-corrected chi connectivity index (χ0v) is 10.9. The van der Waals surface area contributed by atoms with Crippen LogP contribution < -0.4 is 11.3 Å². The summed E-state index contributed by atoms with van der Waals surface area (Å²) >= 11 is 0. The Labute approximate surface area is 114 Å². The molecular weight excluding hydrogens is 264 g/mol. The molecule has 108 valence electrons. The van der Waals surface area contributed by atoms with E-state index in [1.54, 1.807) is 0 Å². The summed E-state index contributed by atoms with van der Waals surface area (Å²) in [5.74, 6) is -0.288. The van der Waals surface area contributed by atoms with Crippen LogP contribution in [0.4, 0.5) is 0 Å². The molecule has 8 nitrogen and oxygen atoms in total. The number of carbonyl (C=O) groups excluding carboxylic acids is 1. The van der Waals surface area contributed by atoms with Gasteiger partial charge in [-0.3, -0.25) is 14.2 Å². The average Bonchev–Trinajstić information content (AvgIpc) is 2.43. The normalized spacial score (nSPS) is 21.6. The highest BCUT2D eigenvalue weighted by Gasteiger charge is 2.43. The zero-order chi connectivity index (χ0) is 14.3. The van der Waals surface area contributed by atoms with E-state index in [9.17, 15) is 14.8 Å². The summed E-state index contributed by atoms with van der Waals surface area (Å²) in [7, 11) is 0. The van der Waals surface area contributed by atoms with Gasteiger partial charge in [0, 0.05) is 19.2 Å². The lowest BCUT2D eigenvalue weighted by atomic mass is 9.89. The largest absolute Gasteiger partial charge is 0.365 e. The minimum Gasteiger partial charge on any atom is -0.365 e. The van der Waals surface area contributed by atoms with Gasteiger partial charge in [-0.15, -0.1) is 0 Å². The molecule has 1 aromatic rings. The maximum atomic E-state index is 12.1. The highest BCUT2D eigenvalue weighted by molar-refractivity contribution is 5.90. The highest BCUT2D eigenvalue weighted by Crippen LogP contribution is 2.37. The van der Waals surface area contributed by atoms with Crippen molar-refractivity contribution in [2.75, 3.05) is 19.7 Å². The Kier molecular flexibility index (Phi) is 3.08. The number of fused-ring (bicyclic) bond motifs is 2. The lowest BCUT2D eigenvalue weighted by Gasteiger charge is -2.42. The topological polar surface area (TPSA) is 111 Å². The molecule has 8 heteroatoms. The molecule has 20 heavy (non-hydrogen) atoms. The van der Waals surface area contributed by atoms with Gasteiger partial charge in [-0.1, -0.05) is 0 Å². The van der Waals surface area contributed by atoms with Gasteiger partial charge < -0.3 is 15.7 Å². The van der Waals surface area contributed by atoms with Crippen LogP contribution in [0.1, 0.15) is 29.2 Å². The Bertz CT molecular complexity index is 604. The van der Waals surface area contributed by atoms with Gasteiger partial charge in [0.25, 0.3) is 11.5 Å². The van der Waals surface area contributed by atoms with Crippen molar-refractivity contribution in [3.05, 3.63) is 27.9 Å². The van der Waals surface area contributed by atoms with Crippen LogP contribution in [0.15, 0.2) is 10.9 Å². The van der Waals surface area contributed by atoms with Crippen molar-refractivity contribution in [2.24, 2.45) is 5.73 Å². The maximum absolute atomic E-state index is 12.1. The Morgan fingerprint density at radius 2 is 2.10 bits per heavy atom. The predicted octanol–water partition coefficient (Wildman–Crippen LogP) is -0.947. The first-order chi connectivity index (χ1) is 9.52. The molecule has 0 atom stereocenters. The zero-order valence-electron chi connectivity index (χ0n) is 10.9. The van der Waals surface area contributed by atoms with Crippen molar-refractivity contribution < 1.29 is 14.7 Å². The van der Waals surface area contributed by atoms with Crippen LogP contribution in [-0.4, -0.2) is 45.4 Å². The number of primary amides is 1. The molecule has 0 bridgehead atoms. The molecule has 2 aliphatic rings. The lowest BCUT2D eigenvalue weighted by Crippen LogP contribution is -2.50. The van der Waals surface area contributed by atoms with Crippen molar-refractivity contribution in [3.63, 3.8) is 0 Å². The van der Waals surface area contributed by atoms with Crippen molar-refractivity contribution >= 4 is 5.91 Å². The number of nitrogens with zero attached hydrogens (tertiary/aromatic N) is 3. The van der Waals surface area contributed by atoms with Gasteiger partial charge >= 0.3 is 0 Å². The average molecular weight is 280 g/mol. The molecule has 0 radical (unpaired) electrons. The fourth-order valence-corrected chi connectivity index (χ4v) is 2.82. The molecule has 1 spiro atoms. The van der Waals surface area contributed by atoms with Crippen molar-refractivity contribution in [1.82, 2.24) is 14.6 Å². The first kappa shape index (κ1) is 13.2. The second kappa shape index (κ2) is 4.65. The Balaban J connectivity index is 2.11. The molecule has 3 heterocycles. The van der Waals surface area contributed by atoms with Gasteiger partial charge in [-0.25, -0.2) is 4.98 Å². The van der Waals surface area contributed by atoms with Crippen molar-refractivity contribution in [2.45, 2.75) is 25.0 Å². The monoisotopic (exact) mass is 280 g/mol. The fourth-order valence-electron chi connectivity index (χ4n) is 2.82. The van der Waals surface area contributed by atoms with Crippen LogP contribution in [0.3, 0.4) is 0 Å². The van der Waals surface area contributed by atoms with E-state index in [-0.39, 0.29) is 11.3 Å². The third kappa shape index (κ3) is 2.01. The summed E-state index contributed by atoms with van der Waals surface area (Å²) in [6.07, 6.45) is 1.02. The van der Waals surface area contributed by atoms with Crippen LogP contribution in [0.2, 0.25) is 0 Å². The third-order valence-electron chi connectivity index (χ3n) is 3.91. The van der Waals surface area contributed by atoms with E-state index < -0.39 is 11.5 Å². The molecule has 1 saturated heterocycles. The number of piperidine rings is 1. The second-order valence-corrected chi connectivity index (χ2v) is 5.12. The van der Waals surface area contributed by atoms with Gasteiger partial charge in [0.05, 0.1) is 13.2 Å². The molecule has 3 rings (SSSR count). The number of hydroxylamine groups is 2. The molecule has 1 amide bonds. The Hall–Kier alpha value is -1.77. The van der Waals surface area contributed by atoms with Crippen molar-refractivity contribution in [3.8, 4) is 0 Å². The van der Waals surface area contributed by atoms with Crippen LogP contribution in [-0.2, 0) is 16.9 Å². The lowest BCUT2D eigenvalue weighted by molar-refractivity contribution is -0.179. The fraction of sp³-hybridized carbons (Fsp3) is 0.583. The van der Waals surface area contributed by atoms with Crippen molar-refractivity contribution in [1.29, 1.82) is 0 Å². The molecule has 0 unspecified atom stereocenters. The molecule has 2 aliphatic heterocycles. The van der Waals surface area contributed by atoms with E-state index in [0.29, 0.717) is 44.9 Å². The minimum absolute atomic E-state index is 0.0439. The molecule has 0 aliphatic carbocycles. The standard InChI is InChI=1S/C12H16N4O4/c13-10(18)8-7-9(17)16-5-6-20-12(11(16)14-8)1-3-15(19)4-2-12/h7,19H,1-6H2,(H2,13,18). The third-order valence-corrected chi connectivity index (χ3v) is 3.91. The molecule has 1 aromatic heterocycles. The number of carbonyl (C=O) groups is 1. The molecular formula is C12H16N4O4. The van der Waals surface area contributed by atoms with Gasteiger partial charge in [-0.2, -0.15) is 5.06 Å². The number of amides is 1. The van der Waals surface area contributed by atoms with Gasteiger partial charge in [0.2, 0.25) is 0 Å². The predicted molar refractivity (Wildman–Crippen MR) is 67.2 cm³/mol. The summed E-state index contributed by atoms with van der Waals surface area (Å²) in [4.78, 5) is 27.6. The first-order valence-corrected chi connectivity index (χ1v) is 6.52. The Morgan fingerprint density at radius 3 is 2.75 bits per heavy atom. The van der Waals surface area contributed by atoms with E-state index in [4.69, 9.17) is 10.5 Å². The first-order valence-electron chi connectivity index (χ1n) is 6.52. The van der Waals surface area contributed by atoms with E-state index in [1.165, 1.54) is 9.63 Å². The molecule has 0 aromatic carbocycles.